The third-order valence-corrected chi connectivity index (χ3v) is 5.52. The molecule has 1 heterocycles. The SMILES string of the molecule is CC(C)(C)C1CCC(CN2CCCC(CN)C2)CC1. The number of hydrogen-bond acceptors (Lipinski definition) is 2. The molecule has 0 aromatic rings. The van der Waals surface area contributed by atoms with E-state index in [9.17, 15) is 0 Å². The molecular formula is C17H34N2. The normalized spacial score (nSPS) is 34.4. The lowest BCUT2D eigenvalue weighted by Crippen LogP contribution is -2.41. The van der Waals surface area contributed by atoms with Crippen LogP contribution < -0.4 is 5.73 Å². The van der Waals surface area contributed by atoms with Crippen LogP contribution in [-0.4, -0.2) is 31.1 Å². The van der Waals surface area contributed by atoms with Crippen molar-refractivity contribution in [3.63, 3.8) is 0 Å². The van der Waals surface area contributed by atoms with Gasteiger partial charge in [-0.05, 0) is 74.8 Å². The molecule has 0 bridgehead atoms. The van der Waals surface area contributed by atoms with Crippen molar-refractivity contribution in [2.24, 2.45) is 28.9 Å². The highest BCUT2D eigenvalue weighted by Crippen LogP contribution is 2.40. The molecule has 2 fully saturated rings. The lowest BCUT2D eigenvalue weighted by molar-refractivity contribution is 0.104. The van der Waals surface area contributed by atoms with E-state index in [-0.39, 0.29) is 0 Å². The minimum absolute atomic E-state index is 0.515. The van der Waals surface area contributed by atoms with Crippen LogP contribution >= 0.6 is 0 Å². The maximum atomic E-state index is 5.84. The van der Waals surface area contributed by atoms with E-state index in [1.807, 2.05) is 0 Å². The second kappa shape index (κ2) is 6.58. The molecule has 112 valence electrons. The van der Waals surface area contributed by atoms with Gasteiger partial charge < -0.3 is 10.6 Å². The Morgan fingerprint density at radius 3 is 2.26 bits per heavy atom. The van der Waals surface area contributed by atoms with Crippen molar-refractivity contribution in [2.45, 2.75) is 59.3 Å². The van der Waals surface area contributed by atoms with Gasteiger partial charge in [0.15, 0.2) is 0 Å². The topological polar surface area (TPSA) is 29.3 Å². The zero-order chi connectivity index (χ0) is 13.9. The lowest BCUT2D eigenvalue weighted by atomic mass is 9.70. The largest absolute Gasteiger partial charge is 0.330 e. The monoisotopic (exact) mass is 266 g/mol. The van der Waals surface area contributed by atoms with Crippen LogP contribution in [0.15, 0.2) is 0 Å². The molecule has 1 atom stereocenters. The quantitative estimate of drug-likeness (QED) is 0.847. The molecule has 0 radical (unpaired) electrons. The standard InChI is InChI=1S/C17H34N2/c1-17(2,3)16-8-6-14(7-9-16)12-19-10-4-5-15(11-18)13-19/h14-16H,4-13,18H2,1-3H3. The Labute approximate surface area is 120 Å². The summed E-state index contributed by atoms with van der Waals surface area (Å²) in [5.74, 6) is 2.66. The average molecular weight is 266 g/mol. The molecule has 1 aliphatic carbocycles. The first-order valence-electron chi connectivity index (χ1n) is 8.41. The highest BCUT2D eigenvalue weighted by Gasteiger charge is 2.30. The molecule has 0 amide bonds. The third-order valence-electron chi connectivity index (χ3n) is 5.52. The second-order valence-electron chi connectivity index (χ2n) is 8.09. The van der Waals surface area contributed by atoms with Gasteiger partial charge >= 0.3 is 0 Å². The molecule has 2 heteroatoms. The fraction of sp³-hybridized carbons (Fsp3) is 1.00. The van der Waals surface area contributed by atoms with Gasteiger partial charge in [-0.15, -0.1) is 0 Å². The molecule has 1 unspecified atom stereocenters. The van der Waals surface area contributed by atoms with Crippen LogP contribution in [0.1, 0.15) is 59.3 Å². The van der Waals surface area contributed by atoms with E-state index in [1.165, 1.54) is 58.2 Å². The van der Waals surface area contributed by atoms with Gasteiger partial charge in [-0.25, -0.2) is 0 Å². The first-order valence-corrected chi connectivity index (χ1v) is 8.41. The van der Waals surface area contributed by atoms with Crippen LogP contribution in [0.4, 0.5) is 0 Å². The molecule has 1 saturated heterocycles. The number of rotatable bonds is 3. The van der Waals surface area contributed by atoms with E-state index in [2.05, 4.69) is 25.7 Å². The molecule has 2 N–H and O–H groups in total. The predicted octanol–water partition coefficient (Wildman–Crippen LogP) is 3.51. The van der Waals surface area contributed by atoms with Crippen LogP contribution in [0.2, 0.25) is 0 Å². The summed E-state index contributed by atoms with van der Waals surface area (Å²) < 4.78 is 0. The number of nitrogens with two attached hydrogens (primary N) is 1. The first-order chi connectivity index (χ1) is 8.99. The average Bonchev–Trinajstić information content (AvgIpc) is 2.38. The molecule has 2 nitrogen and oxygen atoms in total. The van der Waals surface area contributed by atoms with E-state index in [0.717, 1.165) is 24.3 Å². The van der Waals surface area contributed by atoms with Gasteiger partial charge in [-0.1, -0.05) is 20.8 Å². The zero-order valence-electron chi connectivity index (χ0n) is 13.3. The summed E-state index contributed by atoms with van der Waals surface area (Å²) in [6, 6.07) is 0. The fourth-order valence-electron chi connectivity index (χ4n) is 4.09. The van der Waals surface area contributed by atoms with Gasteiger partial charge in [0.05, 0.1) is 0 Å². The van der Waals surface area contributed by atoms with Crippen LogP contribution in [0.3, 0.4) is 0 Å². The first kappa shape index (κ1) is 15.3. The van der Waals surface area contributed by atoms with Gasteiger partial charge in [0, 0.05) is 13.1 Å². The van der Waals surface area contributed by atoms with E-state index >= 15 is 0 Å². The van der Waals surface area contributed by atoms with E-state index in [0.29, 0.717) is 5.41 Å². The summed E-state index contributed by atoms with van der Waals surface area (Å²) in [6.45, 7) is 12.0. The van der Waals surface area contributed by atoms with Crippen molar-refractivity contribution < 1.29 is 0 Å². The van der Waals surface area contributed by atoms with Crippen molar-refractivity contribution in [2.75, 3.05) is 26.2 Å². The van der Waals surface area contributed by atoms with E-state index in [4.69, 9.17) is 5.73 Å². The second-order valence-corrected chi connectivity index (χ2v) is 8.09. The Kier molecular flexibility index (Phi) is 5.30. The van der Waals surface area contributed by atoms with Crippen molar-refractivity contribution >= 4 is 0 Å². The minimum atomic E-state index is 0.515. The van der Waals surface area contributed by atoms with Gasteiger partial charge in [0.1, 0.15) is 0 Å². The highest BCUT2D eigenvalue weighted by atomic mass is 15.1. The van der Waals surface area contributed by atoms with Gasteiger partial charge in [0.2, 0.25) is 0 Å². The molecule has 0 aromatic heterocycles. The van der Waals surface area contributed by atoms with Crippen LogP contribution in [0.5, 0.6) is 0 Å². The van der Waals surface area contributed by atoms with Crippen molar-refractivity contribution in [1.82, 2.24) is 4.90 Å². The van der Waals surface area contributed by atoms with Crippen LogP contribution in [-0.2, 0) is 0 Å². The zero-order valence-corrected chi connectivity index (χ0v) is 13.3. The summed E-state index contributed by atoms with van der Waals surface area (Å²) >= 11 is 0. The minimum Gasteiger partial charge on any atom is -0.330 e. The summed E-state index contributed by atoms with van der Waals surface area (Å²) in [5, 5.41) is 0. The maximum absolute atomic E-state index is 5.84. The Morgan fingerprint density at radius 2 is 1.68 bits per heavy atom. The van der Waals surface area contributed by atoms with Crippen molar-refractivity contribution in [3.05, 3.63) is 0 Å². The van der Waals surface area contributed by atoms with Crippen molar-refractivity contribution in [3.8, 4) is 0 Å². The van der Waals surface area contributed by atoms with Crippen LogP contribution in [0.25, 0.3) is 0 Å². The van der Waals surface area contributed by atoms with Gasteiger partial charge in [-0.3, -0.25) is 0 Å². The van der Waals surface area contributed by atoms with Gasteiger partial charge in [-0.2, -0.15) is 0 Å². The Bertz CT molecular complexity index is 261. The molecule has 19 heavy (non-hydrogen) atoms. The molecule has 1 aliphatic heterocycles. The highest BCUT2D eigenvalue weighted by molar-refractivity contribution is 4.83. The van der Waals surface area contributed by atoms with E-state index in [1.54, 1.807) is 0 Å². The summed E-state index contributed by atoms with van der Waals surface area (Å²) in [6.07, 6.45) is 8.51. The summed E-state index contributed by atoms with van der Waals surface area (Å²) in [5.41, 5.74) is 6.35. The lowest BCUT2D eigenvalue weighted by Gasteiger charge is -2.40. The molecule has 1 saturated carbocycles. The van der Waals surface area contributed by atoms with Crippen LogP contribution in [0, 0.1) is 23.2 Å². The Balaban J connectivity index is 1.73. The maximum Gasteiger partial charge on any atom is 0.00218 e. The number of likely N-dealkylation sites (tertiary alicyclic amines) is 1. The molecule has 2 rings (SSSR count). The summed E-state index contributed by atoms with van der Waals surface area (Å²) in [7, 11) is 0. The number of nitrogens with zero attached hydrogens (tertiary/aromatic N) is 1. The molecule has 0 spiro atoms. The molecule has 2 aliphatic rings. The number of hydrogen-bond donors (Lipinski definition) is 1. The summed E-state index contributed by atoms with van der Waals surface area (Å²) in [4.78, 5) is 2.70. The Morgan fingerprint density at radius 1 is 1.00 bits per heavy atom. The third kappa shape index (κ3) is 4.46. The predicted molar refractivity (Wildman–Crippen MR) is 83.1 cm³/mol. The van der Waals surface area contributed by atoms with Gasteiger partial charge in [0.25, 0.3) is 0 Å². The fourth-order valence-corrected chi connectivity index (χ4v) is 4.09. The van der Waals surface area contributed by atoms with E-state index < -0.39 is 0 Å². The number of piperidine rings is 1. The molecule has 0 aromatic carbocycles. The van der Waals surface area contributed by atoms with Crippen molar-refractivity contribution in [1.29, 1.82) is 0 Å². The molecular weight excluding hydrogens is 232 g/mol. The smallest absolute Gasteiger partial charge is 0.00218 e. The Hall–Kier alpha value is -0.0800.